The zero-order valence-corrected chi connectivity index (χ0v) is 13.2. The van der Waals surface area contributed by atoms with Gasteiger partial charge < -0.3 is 0 Å². The first-order valence-corrected chi connectivity index (χ1v) is 9.05. The van der Waals surface area contributed by atoms with Gasteiger partial charge in [0.15, 0.2) is 0 Å². The Hall–Kier alpha value is -2.01. The molecular formula is C16H13F3N2O2S. The van der Waals surface area contributed by atoms with E-state index >= 15 is 0 Å². The molecule has 0 unspecified atom stereocenters. The summed E-state index contributed by atoms with van der Waals surface area (Å²) in [4.78, 5) is 0. The minimum Gasteiger partial charge on any atom is -0.270 e. The lowest BCUT2D eigenvalue weighted by Crippen LogP contribution is -2.32. The lowest BCUT2D eigenvalue weighted by atomic mass is 9.93. The molecule has 2 fully saturated rings. The number of rotatable bonds is 1. The Labute approximate surface area is 137 Å². The Kier molecular flexibility index (Phi) is 3.08. The molecule has 1 heterocycles. The second-order valence-electron chi connectivity index (χ2n) is 6.49. The Bertz CT molecular complexity index is 886. The molecule has 4 rings (SSSR count). The zero-order chi connectivity index (χ0) is 17.3. The topological polar surface area (TPSA) is 61.2 Å². The molecule has 4 atom stereocenters. The maximum absolute atomic E-state index is 13.1. The van der Waals surface area contributed by atoms with E-state index in [1.807, 2.05) is 12.2 Å². The van der Waals surface area contributed by atoms with E-state index in [2.05, 4.69) is 0 Å². The van der Waals surface area contributed by atoms with Crippen LogP contribution in [0.5, 0.6) is 0 Å². The molecule has 24 heavy (non-hydrogen) atoms. The molecular weight excluding hydrogens is 341 g/mol. The van der Waals surface area contributed by atoms with Crippen molar-refractivity contribution in [3.05, 3.63) is 41.5 Å². The summed E-state index contributed by atoms with van der Waals surface area (Å²) in [5, 5.41) is 8.32. The van der Waals surface area contributed by atoms with E-state index in [-0.39, 0.29) is 30.0 Å². The number of allylic oxidation sites excluding steroid dienone is 2. The average Bonchev–Trinajstić information content (AvgIpc) is 3.18. The van der Waals surface area contributed by atoms with Gasteiger partial charge in [-0.25, -0.2) is 8.42 Å². The average molecular weight is 354 g/mol. The van der Waals surface area contributed by atoms with Crippen LogP contribution in [0.3, 0.4) is 0 Å². The third kappa shape index (κ3) is 2.00. The standard InChI is InChI=1S/C16H13F3N2O2S/c17-16(18,19)14-6-12(4-3-11(14)7-20)21-8-13-9-1-2-10(5-9)15(13)24(21,22)23/h1-4,6,9-10,13,15H,5,8H2/t9-,10-,13-,15+/m0/s1. The van der Waals surface area contributed by atoms with Gasteiger partial charge in [-0.2, -0.15) is 18.4 Å². The van der Waals surface area contributed by atoms with Gasteiger partial charge in [-0.1, -0.05) is 12.2 Å². The van der Waals surface area contributed by atoms with E-state index in [9.17, 15) is 21.6 Å². The highest BCUT2D eigenvalue weighted by molar-refractivity contribution is 7.93. The van der Waals surface area contributed by atoms with Crippen LogP contribution in [0.2, 0.25) is 0 Å². The molecule has 3 aliphatic rings. The number of fused-ring (bicyclic) bond motifs is 5. The van der Waals surface area contributed by atoms with E-state index in [0.717, 1.165) is 22.9 Å². The number of alkyl halides is 3. The van der Waals surface area contributed by atoms with E-state index in [0.29, 0.717) is 0 Å². The van der Waals surface area contributed by atoms with Gasteiger partial charge in [-0.05, 0) is 36.5 Å². The van der Waals surface area contributed by atoms with Crippen molar-refractivity contribution in [2.75, 3.05) is 10.8 Å². The lowest BCUT2D eigenvalue weighted by molar-refractivity contribution is -0.137. The molecule has 1 aromatic rings. The van der Waals surface area contributed by atoms with Crippen molar-refractivity contribution in [1.29, 1.82) is 5.26 Å². The molecule has 0 N–H and O–H groups in total. The summed E-state index contributed by atoms with van der Waals surface area (Å²) >= 11 is 0. The third-order valence-electron chi connectivity index (χ3n) is 5.29. The highest BCUT2D eigenvalue weighted by Crippen LogP contribution is 2.52. The van der Waals surface area contributed by atoms with E-state index < -0.39 is 32.6 Å². The fourth-order valence-corrected chi connectivity index (χ4v) is 6.73. The van der Waals surface area contributed by atoms with Gasteiger partial charge in [0, 0.05) is 12.5 Å². The summed E-state index contributed by atoms with van der Waals surface area (Å²) in [6.07, 6.45) is 0.0299. The monoisotopic (exact) mass is 354 g/mol. The van der Waals surface area contributed by atoms with Gasteiger partial charge in [0.05, 0.1) is 28.1 Å². The first kappa shape index (κ1) is 15.5. The number of anilines is 1. The predicted octanol–water partition coefficient (Wildman–Crippen LogP) is 2.92. The minimum atomic E-state index is -4.71. The minimum absolute atomic E-state index is 0.0184. The van der Waals surface area contributed by atoms with Crippen LogP contribution in [0.4, 0.5) is 18.9 Å². The molecule has 0 aromatic heterocycles. The molecule has 1 aliphatic heterocycles. The molecule has 1 saturated carbocycles. The Morgan fingerprint density at radius 1 is 1.21 bits per heavy atom. The van der Waals surface area contributed by atoms with Crippen molar-refractivity contribution < 1.29 is 21.6 Å². The van der Waals surface area contributed by atoms with E-state index in [4.69, 9.17) is 5.26 Å². The Morgan fingerprint density at radius 2 is 1.92 bits per heavy atom. The summed E-state index contributed by atoms with van der Waals surface area (Å²) in [6.45, 7) is 0.196. The van der Waals surface area contributed by atoms with Gasteiger partial charge in [-0.15, -0.1) is 0 Å². The maximum Gasteiger partial charge on any atom is 0.417 e. The Morgan fingerprint density at radius 3 is 2.54 bits per heavy atom. The molecule has 4 nitrogen and oxygen atoms in total. The van der Waals surface area contributed by atoms with Crippen LogP contribution in [0.25, 0.3) is 0 Å². The lowest BCUT2D eigenvalue weighted by Gasteiger charge is -2.22. The van der Waals surface area contributed by atoms with Crippen LogP contribution in [0.15, 0.2) is 30.4 Å². The number of benzene rings is 1. The SMILES string of the molecule is N#Cc1ccc(N2C[C@@H]3[C@@H]([C@H]4C=C[C@H]3C4)S2(=O)=O)cc1C(F)(F)F. The number of hydrogen-bond donors (Lipinski definition) is 0. The molecule has 0 amide bonds. The summed E-state index contributed by atoms with van der Waals surface area (Å²) in [7, 11) is -3.70. The fraction of sp³-hybridized carbons (Fsp3) is 0.438. The summed E-state index contributed by atoms with van der Waals surface area (Å²) < 4.78 is 66.1. The van der Waals surface area contributed by atoms with Crippen LogP contribution in [-0.4, -0.2) is 20.2 Å². The third-order valence-corrected chi connectivity index (χ3v) is 7.65. The maximum atomic E-state index is 13.1. The second-order valence-corrected chi connectivity index (χ2v) is 8.51. The van der Waals surface area contributed by atoms with Crippen LogP contribution >= 0.6 is 0 Å². The summed E-state index contributed by atoms with van der Waals surface area (Å²) in [5.41, 5.74) is -1.63. The summed E-state index contributed by atoms with van der Waals surface area (Å²) in [5.74, 6) is 0.0608. The quantitative estimate of drug-likeness (QED) is 0.729. The highest BCUT2D eigenvalue weighted by Gasteiger charge is 2.58. The molecule has 8 heteroatoms. The highest BCUT2D eigenvalue weighted by atomic mass is 32.2. The number of halogens is 3. The van der Waals surface area contributed by atoms with Crippen molar-refractivity contribution in [3.63, 3.8) is 0 Å². The van der Waals surface area contributed by atoms with Crippen LogP contribution in [0.1, 0.15) is 17.5 Å². The predicted molar refractivity (Wildman–Crippen MR) is 80.4 cm³/mol. The fourth-order valence-electron chi connectivity index (χ4n) is 4.27. The van der Waals surface area contributed by atoms with Crippen molar-refractivity contribution >= 4 is 15.7 Å². The zero-order valence-electron chi connectivity index (χ0n) is 12.4. The van der Waals surface area contributed by atoms with Gasteiger partial charge in [0.2, 0.25) is 10.0 Å². The number of nitriles is 1. The first-order valence-electron chi connectivity index (χ1n) is 7.54. The second kappa shape index (κ2) is 4.76. The van der Waals surface area contributed by atoms with Crippen LogP contribution in [-0.2, 0) is 16.2 Å². The van der Waals surface area contributed by atoms with Gasteiger partial charge >= 0.3 is 6.18 Å². The van der Waals surface area contributed by atoms with Crippen LogP contribution in [0, 0.1) is 29.1 Å². The molecule has 0 radical (unpaired) electrons. The van der Waals surface area contributed by atoms with E-state index in [1.165, 1.54) is 12.1 Å². The molecule has 1 saturated heterocycles. The summed E-state index contributed by atoms with van der Waals surface area (Å²) in [6, 6.07) is 4.59. The number of nitrogens with zero attached hydrogens (tertiary/aromatic N) is 2. The number of sulfonamides is 1. The van der Waals surface area contributed by atoms with Crippen molar-refractivity contribution in [2.24, 2.45) is 17.8 Å². The molecule has 0 spiro atoms. The Balaban J connectivity index is 1.77. The van der Waals surface area contributed by atoms with Gasteiger partial charge in [-0.3, -0.25) is 4.31 Å². The van der Waals surface area contributed by atoms with Crippen molar-refractivity contribution in [3.8, 4) is 6.07 Å². The smallest absolute Gasteiger partial charge is 0.270 e. The van der Waals surface area contributed by atoms with E-state index in [1.54, 1.807) is 0 Å². The molecule has 1 aromatic carbocycles. The van der Waals surface area contributed by atoms with Crippen LogP contribution < -0.4 is 4.31 Å². The largest absolute Gasteiger partial charge is 0.417 e. The van der Waals surface area contributed by atoms with Gasteiger partial charge in [0.25, 0.3) is 0 Å². The number of hydrogen-bond acceptors (Lipinski definition) is 3. The molecule has 2 bridgehead atoms. The van der Waals surface area contributed by atoms with Crippen molar-refractivity contribution in [1.82, 2.24) is 0 Å². The molecule has 2 aliphatic carbocycles. The molecule has 126 valence electrons. The van der Waals surface area contributed by atoms with Crippen molar-refractivity contribution in [2.45, 2.75) is 17.8 Å². The van der Waals surface area contributed by atoms with Gasteiger partial charge in [0.1, 0.15) is 0 Å². The first-order chi connectivity index (χ1) is 11.2. The normalized spacial score (nSPS) is 32.8.